The van der Waals surface area contributed by atoms with E-state index in [-0.39, 0.29) is 29.6 Å². The summed E-state index contributed by atoms with van der Waals surface area (Å²) in [4.78, 5) is 41.6. The van der Waals surface area contributed by atoms with Crippen molar-refractivity contribution in [2.45, 2.75) is 55.2 Å². The summed E-state index contributed by atoms with van der Waals surface area (Å²) in [7, 11) is 0. The minimum Gasteiger partial charge on any atom is -0.394 e. The number of carbonyl (C=O) groups is 3. The molecule has 3 aliphatic heterocycles. The maximum absolute atomic E-state index is 13.6. The van der Waals surface area contributed by atoms with Crippen LogP contribution in [0, 0.1) is 11.8 Å². The van der Waals surface area contributed by atoms with Crippen LogP contribution in [-0.2, 0) is 14.4 Å². The molecule has 1 aromatic carbocycles. The Kier molecular flexibility index (Phi) is 6.25. The lowest BCUT2D eigenvalue weighted by molar-refractivity contribution is -0.141. The maximum atomic E-state index is 13.6. The summed E-state index contributed by atoms with van der Waals surface area (Å²) in [6.07, 6.45) is 2.29. The Morgan fingerprint density at radius 1 is 1.35 bits per heavy atom. The SMILES string of the molecule is CCCNC(=O)[C@@H]1[C@@H]2CCC3(S2)C(C(=O)Nc2ccccc2Cl)N([C@H](C)CO)C(=O)[C@H]13. The molecule has 2 bridgehead atoms. The molecule has 0 aromatic heterocycles. The molecule has 3 fully saturated rings. The van der Waals surface area contributed by atoms with Gasteiger partial charge in [-0.2, -0.15) is 0 Å². The highest BCUT2D eigenvalue weighted by molar-refractivity contribution is 8.02. The number of halogens is 1. The summed E-state index contributed by atoms with van der Waals surface area (Å²) in [5, 5.41) is 16.1. The summed E-state index contributed by atoms with van der Waals surface area (Å²) in [5.74, 6) is -1.67. The number of aliphatic hydroxyl groups excluding tert-OH is 1. The molecule has 9 heteroatoms. The van der Waals surface area contributed by atoms with Gasteiger partial charge in [-0.15, -0.1) is 11.8 Å². The lowest BCUT2D eigenvalue weighted by Crippen LogP contribution is -2.54. The zero-order chi connectivity index (χ0) is 22.3. The first-order chi connectivity index (χ1) is 14.9. The van der Waals surface area contributed by atoms with E-state index in [4.69, 9.17) is 11.6 Å². The van der Waals surface area contributed by atoms with Gasteiger partial charge in [0.25, 0.3) is 0 Å². The van der Waals surface area contributed by atoms with Crippen LogP contribution in [-0.4, -0.2) is 63.0 Å². The van der Waals surface area contributed by atoms with E-state index in [0.29, 0.717) is 23.7 Å². The van der Waals surface area contributed by atoms with Crippen molar-refractivity contribution in [3.05, 3.63) is 29.3 Å². The number of benzene rings is 1. The molecular formula is C22H28ClN3O4S. The fourth-order valence-corrected chi connectivity index (χ4v) is 7.77. The van der Waals surface area contributed by atoms with Crippen molar-refractivity contribution in [2.75, 3.05) is 18.5 Å². The quantitative estimate of drug-likeness (QED) is 0.573. The fraction of sp³-hybridized carbons (Fsp3) is 0.591. The fourth-order valence-electron chi connectivity index (χ4n) is 5.38. The first-order valence-electron chi connectivity index (χ1n) is 10.8. The molecule has 3 amide bonds. The van der Waals surface area contributed by atoms with Crippen LogP contribution in [0.2, 0.25) is 5.02 Å². The molecule has 0 saturated carbocycles. The van der Waals surface area contributed by atoms with Gasteiger partial charge in [0, 0.05) is 11.8 Å². The molecule has 0 radical (unpaired) electrons. The molecule has 1 spiro atoms. The van der Waals surface area contributed by atoms with Crippen molar-refractivity contribution in [3.8, 4) is 0 Å². The molecule has 6 atom stereocenters. The first-order valence-corrected chi connectivity index (χ1v) is 12.1. The van der Waals surface area contributed by atoms with E-state index in [1.54, 1.807) is 43.0 Å². The number of hydrogen-bond acceptors (Lipinski definition) is 5. The van der Waals surface area contributed by atoms with Gasteiger partial charge in [0.1, 0.15) is 6.04 Å². The number of likely N-dealkylation sites (tertiary alicyclic amines) is 1. The predicted molar refractivity (Wildman–Crippen MR) is 121 cm³/mol. The average molecular weight is 466 g/mol. The van der Waals surface area contributed by atoms with Crippen LogP contribution < -0.4 is 10.6 Å². The van der Waals surface area contributed by atoms with Crippen LogP contribution in [0.15, 0.2) is 24.3 Å². The van der Waals surface area contributed by atoms with Gasteiger partial charge >= 0.3 is 0 Å². The zero-order valence-electron chi connectivity index (χ0n) is 17.6. The third-order valence-electron chi connectivity index (χ3n) is 6.71. The molecule has 168 valence electrons. The molecule has 3 heterocycles. The number of fused-ring (bicyclic) bond motifs is 1. The predicted octanol–water partition coefficient (Wildman–Crippen LogP) is 2.28. The number of nitrogens with one attached hydrogen (secondary N) is 2. The van der Waals surface area contributed by atoms with Gasteiger partial charge in [-0.1, -0.05) is 30.7 Å². The third kappa shape index (κ3) is 3.52. The lowest BCUT2D eigenvalue weighted by Gasteiger charge is -2.36. The third-order valence-corrected chi connectivity index (χ3v) is 8.99. The smallest absolute Gasteiger partial charge is 0.248 e. The van der Waals surface area contributed by atoms with Crippen molar-refractivity contribution in [1.82, 2.24) is 10.2 Å². The highest BCUT2D eigenvalue weighted by Crippen LogP contribution is 2.66. The second-order valence-electron chi connectivity index (χ2n) is 8.59. The second kappa shape index (κ2) is 8.64. The van der Waals surface area contributed by atoms with E-state index in [2.05, 4.69) is 10.6 Å². The van der Waals surface area contributed by atoms with Crippen LogP contribution in [0.1, 0.15) is 33.1 Å². The lowest BCUT2D eigenvalue weighted by atomic mass is 9.70. The first kappa shape index (κ1) is 22.4. The van der Waals surface area contributed by atoms with Gasteiger partial charge in [0.15, 0.2) is 0 Å². The van der Waals surface area contributed by atoms with Gasteiger partial charge in [-0.3, -0.25) is 14.4 Å². The number of anilines is 1. The Hall–Kier alpha value is -1.77. The van der Waals surface area contributed by atoms with Crippen LogP contribution in [0.3, 0.4) is 0 Å². The van der Waals surface area contributed by atoms with Crippen molar-refractivity contribution in [1.29, 1.82) is 0 Å². The minimum absolute atomic E-state index is 0.0213. The van der Waals surface area contributed by atoms with Crippen LogP contribution >= 0.6 is 23.4 Å². The Morgan fingerprint density at radius 2 is 2.10 bits per heavy atom. The van der Waals surface area contributed by atoms with Crippen LogP contribution in [0.25, 0.3) is 0 Å². The molecule has 3 N–H and O–H groups in total. The van der Waals surface area contributed by atoms with Crippen molar-refractivity contribution >= 4 is 46.8 Å². The summed E-state index contributed by atoms with van der Waals surface area (Å²) in [6.45, 7) is 4.02. The summed E-state index contributed by atoms with van der Waals surface area (Å²) in [5.41, 5.74) is 0.479. The molecule has 1 aromatic rings. The molecule has 0 aliphatic carbocycles. The van der Waals surface area contributed by atoms with E-state index in [1.165, 1.54) is 4.90 Å². The maximum Gasteiger partial charge on any atom is 0.248 e. The Bertz CT molecular complexity index is 899. The number of thioether (sulfide) groups is 1. The summed E-state index contributed by atoms with van der Waals surface area (Å²) >= 11 is 7.85. The Labute approximate surface area is 191 Å². The Morgan fingerprint density at radius 3 is 2.77 bits per heavy atom. The molecule has 3 aliphatic rings. The van der Waals surface area contributed by atoms with Crippen molar-refractivity contribution in [2.24, 2.45) is 11.8 Å². The molecule has 3 saturated heterocycles. The van der Waals surface area contributed by atoms with E-state index in [0.717, 1.165) is 12.8 Å². The van der Waals surface area contributed by atoms with E-state index >= 15 is 0 Å². The van der Waals surface area contributed by atoms with Gasteiger partial charge in [-0.05, 0) is 38.3 Å². The van der Waals surface area contributed by atoms with Gasteiger partial charge < -0.3 is 20.6 Å². The molecular weight excluding hydrogens is 438 g/mol. The normalized spacial score (nSPS) is 32.1. The topological polar surface area (TPSA) is 98.7 Å². The van der Waals surface area contributed by atoms with E-state index < -0.39 is 28.7 Å². The van der Waals surface area contributed by atoms with Crippen molar-refractivity contribution in [3.63, 3.8) is 0 Å². The van der Waals surface area contributed by atoms with Crippen molar-refractivity contribution < 1.29 is 19.5 Å². The van der Waals surface area contributed by atoms with E-state index in [9.17, 15) is 19.5 Å². The average Bonchev–Trinajstić information content (AvgIpc) is 3.40. The number of rotatable bonds is 7. The highest BCUT2D eigenvalue weighted by Gasteiger charge is 2.74. The molecule has 4 rings (SSSR count). The van der Waals surface area contributed by atoms with E-state index in [1.807, 2.05) is 6.92 Å². The number of carbonyl (C=O) groups excluding carboxylic acids is 3. The number of hydrogen-bond donors (Lipinski definition) is 3. The van der Waals surface area contributed by atoms with Gasteiger partial charge in [0.05, 0.1) is 39.9 Å². The standard InChI is InChI=1S/C22H28ClN3O4S/c1-3-10-24-19(28)16-15-8-9-22(31-15)17(16)21(30)26(12(2)11-27)18(22)20(29)25-14-7-5-4-6-13(14)23/h4-7,12,15-18,27H,3,8-11H2,1-2H3,(H,24,28)(H,25,29)/t12-,15+,16-,17+,18?,22?/m1/s1. The number of amides is 3. The molecule has 31 heavy (non-hydrogen) atoms. The number of nitrogens with zero attached hydrogens (tertiary/aromatic N) is 1. The molecule has 7 nitrogen and oxygen atoms in total. The Balaban J connectivity index is 1.70. The highest BCUT2D eigenvalue weighted by atomic mass is 35.5. The molecule has 2 unspecified atom stereocenters. The van der Waals surface area contributed by atoms with Crippen LogP contribution in [0.4, 0.5) is 5.69 Å². The van der Waals surface area contributed by atoms with Gasteiger partial charge in [-0.25, -0.2) is 0 Å². The van der Waals surface area contributed by atoms with Gasteiger partial charge in [0.2, 0.25) is 17.7 Å². The monoisotopic (exact) mass is 465 g/mol. The largest absolute Gasteiger partial charge is 0.394 e. The second-order valence-corrected chi connectivity index (χ2v) is 10.6. The zero-order valence-corrected chi connectivity index (χ0v) is 19.2. The summed E-state index contributed by atoms with van der Waals surface area (Å²) < 4.78 is -0.676. The number of para-hydroxylation sites is 1. The minimum atomic E-state index is -0.776. The number of aliphatic hydroxyl groups is 1. The summed E-state index contributed by atoms with van der Waals surface area (Å²) in [6, 6.07) is 5.65. The van der Waals surface area contributed by atoms with Crippen LogP contribution in [0.5, 0.6) is 0 Å².